The molecule has 0 aliphatic heterocycles. The van der Waals surface area contributed by atoms with Crippen LogP contribution < -0.4 is 0 Å². The molecule has 0 spiro atoms. The number of para-hydroxylation sites is 1. The molecule has 0 N–H and O–H groups in total. The summed E-state index contributed by atoms with van der Waals surface area (Å²) in [5.41, 5.74) is 7.08. The Balaban J connectivity index is 1.33. The molecule has 0 unspecified atom stereocenters. The van der Waals surface area contributed by atoms with Gasteiger partial charge in [-0.25, -0.2) is 0 Å². The molecule has 9 aromatic rings. The Bertz CT molecular complexity index is 2440. The van der Waals surface area contributed by atoms with Gasteiger partial charge in [0.15, 0.2) is 0 Å². The van der Waals surface area contributed by atoms with Crippen LogP contribution in [0.2, 0.25) is 0 Å². The average molecular weight is 527 g/mol. The number of pyridine rings is 1. The van der Waals surface area contributed by atoms with E-state index >= 15 is 0 Å². The molecule has 3 aromatic heterocycles. The molecule has 40 heavy (non-hydrogen) atoms. The Morgan fingerprint density at radius 3 is 2.17 bits per heavy atom. The molecular weight excluding hydrogens is 504 g/mol. The molecule has 2 nitrogen and oxygen atoms in total. The van der Waals surface area contributed by atoms with E-state index in [1.165, 1.54) is 63.9 Å². The van der Waals surface area contributed by atoms with Gasteiger partial charge in [-0.2, -0.15) is 0 Å². The first-order valence-corrected chi connectivity index (χ1v) is 14.4. The molecule has 186 valence electrons. The van der Waals surface area contributed by atoms with Crippen LogP contribution in [-0.2, 0) is 0 Å². The first-order chi connectivity index (χ1) is 19.8. The fourth-order valence-corrected chi connectivity index (χ4v) is 7.49. The minimum absolute atomic E-state index is 1.04. The van der Waals surface area contributed by atoms with Crippen LogP contribution in [0.4, 0.5) is 0 Å². The van der Waals surface area contributed by atoms with Crippen molar-refractivity contribution in [2.24, 2.45) is 0 Å². The van der Waals surface area contributed by atoms with E-state index in [-0.39, 0.29) is 0 Å². The maximum absolute atomic E-state index is 4.82. The highest BCUT2D eigenvalue weighted by Crippen LogP contribution is 2.40. The van der Waals surface area contributed by atoms with E-state index in [4.69, 9.17) is 4.98 Å². The first kappa shape index (κ1) is 21.9. The third kappa shape index (κ3) is 3.07. The van der Waals surface area contributed by atoms with Crippen molar-refractivity contribution in [2.75, 3.05) is 0 Å². The van der Waals surface area contributed by atoms with Crippen molar-refractivity contribution < 1.29 is 0 Å². The van der Waals surface area contributed by atoms with Crippen LogP contribution in [0.5, 0.6) is 0 Å². The number of fused-ring (bicyclic) bond motifs is 9. The van der Waals surface area contributed by atoms with E-state index in [0.29, 0.717) is 0 Å². The standard InChI is InChI=1S/C37H22N2S/c1-3-11-31-27(9-1)29-21-25(26-17-19-35-30(22-26)28-10-2-4-13-34(28)40-35)16-18-32(29)39(31)33-12-5-7-23-14-15-24-8-6-20-38-37(24)36(23)33/h1-22H. The number of hydrogen-bond acceptors (Lipinski definition) is 2. The molecule has 0 aliphatic carbocycles. The Labute approximate surface area is 234 Å². The van der Waals surface area contributed by atoms with Crippen molar-refractivity contribution in [3.8, 4) is 16.8 Å². The lowest BCUT2D eigenvalue weighted by Crippen LogP contribution is -1.96. The molecule has 0 fully saturated rings. The average Bonchev–Trinajstić information content (AvgIpc) is 3.55. The van der Waals surface area contributed by atoms with Crippen LogP contribution in [0.25, 0.3) is 80.5 Å². The van der Waals surface area contributed by atoms with Crippen LogP contribution >= 0.6 is 11.3 Å². The van der Waals surface area contributed by atoms with Crippen LogP contribution in [0.15, 0.2) is 134 Å². The second kappa shape index (κ2) is 8.25. The Morgan fingerprint density at radius 2 is 1.23 bits per heavy atom. The van der Waals surface area contributed by atoms with Gasteiger partial charge in [0.05, 0.1) is 22.2 Å². The zero-order valence-electron chi connectivity index (χ0n) is 21.5. The van der Waals surface area contributed by atoms with Crippen molar-refractivity contribution in [2.45, 2.75) is 0 Å². The van der Waals surface area contributed by atoms with Gasteiger partial charge in [0.1, 0.15) is 0 Å². The molecule has 0 amide bonds. The summed E-state index contributed by atoms with van der Waals surface area (Å²) in [7, 11) is 0. The molecule has 6 aromatic carbocycles. The van der Waals surface area contributed by atoms with Crippen LogP contribution in [0.1, 0.15) is 0 Å². The zero-order valence-corrected chi connectivity index (χ0v) is 22.3. The number of aromatic nitrogens is 2. The summed E-state index contributed by atoms with van der Waals surface area (Å²) in [5, 5.41) is 8.71. The summed E-state index contributed by atoms with van der Waals surface area (Å²) >= 11 is 1.86. The van der Waals surface area contributed by atoms with Gasteiger partial charge in [0, 0.05) is 47.9 Å². The second-order valence-electron chi connectivity index (χ2n) is 10.4. The second-order valence-corrected chi connectivity index (χ2v) is 11.5. The molecule has 0 saturated heterocycles. The largest absolute Gasteiger partial charge is 0.309 e. The van der Waals surface area contributed by atoms with E-state index in [1.54, 1.807) is 0 Å². The third-order valence-corrected chi connectivity index (χ3v) is 9.37. The molecule has 9 rings (SSSR count). The first-order valence-electron chi connectivity index (χ1n) is 13.6. The Hall–Kier alpha value is -4.99. The summed E-state index contributed by atoms with van der Waals surface area (Å²) in [6.07, 6.45) is 1.89. The predicted molar refractivity (Wildman–Crippen MR) is 172 cm³/mol. The molecule has 3 heterocycles. The lowest BCUT2D eigenvalue weighted by atomic mass is 10.0. The molecule has 0 saturated carbocycles. The summed E-state index contributed by atoms with van der Waals surface area (Å²) in [5.74, 6) is 0. The van der Waals surface area contributed by atoms with E-state index < -0.39 is 0 Å². The lowest BCUT2D eigenvalue weighted by Gasteiger charge is -2.13. The van der Waals surface area contributed by atoms with Crippen molar-refractivity contribution in [3.63, 3.8) is 0 Å². The van der Waals surface area contributed by atoms with Crippen LogP contribution in [-0.4, -0.2) is 9.55 Å². The molecular formula is C37H22N2S. The van der Waals surface area contributed by atoms with E-state index in [0.717, 1.165) is 16.6 Å². The van der Waals surface area contributed by atoms with Gasteiger partial charge in [-0.1, -0.05) is 78.9 Å². The summed E-state index contributed by atoms with van der Waals surface area (Å²) in [6, 6.07) is 46.4. The maximum atomic E-state index is 4.82. The van der Waals surface area contributed by atoms with E-state index in [1.807, 2.05) is 23.6 Å². The highest BCUT2D eigenvalue weighted by Gasteiger charge is 2.17. The topological polar surface area (TPSA) is 17.8 Å². The summed E-state index contributed by atoms with van der Waals surface area (Å²) < 4.78 is 5.09. The fourth-order valence-electron chi connectivity index (χ4n) is 6.40. The number of hydrogen-bond donors (Lipinski definition) is 0. The van der Waals surface area contributed by atoms with Gasteiger partial charge in [0.25, 0.3) is 0 Å². The van der Waals surface area contributed by atoms with Gasteiger partial charge in [-0.3, -0.25) is 4.98 Å². The molecule has 0 atom stereocenters. The van der Waals surface area contributed by atoms with Crippen molar-refractivity contribution in [1.29, 1.82) is 0 Å². The minimum Gasteiger partial charge on any atom is -0.309 e. The Morgan fingerprint density at radius 1 is 0.500 bits per heavy atom. The summed E-state index contributed by atoms with van der Waals surface area (Å²) in [6.45, 7) is 0. The molecule has 3 heteroatoms. The van der Waals surface area contributed by atoms with Gasteiger partial charge < -0.3 is 4.57 Å². The highest BCUT2D eigenvalue weighted by atomic mass is 32.1. The molecule has 0 aliphatic rings. The van der Waals surface area contributed by atoms with Crippen molar-refractivity contribution in [1.82, 2.24) is 9.55 Å². The van der Waals surface area contributed by atoms with Crippen LogP contribution in [0, 0.1) is 0 Å². The van der Waals surface area contributed by atoms with Gasteiger partial charge in [0.2, 0.25) is 0 Å². The SMILES string of the molecule is c1cnc2c(c1)ccc1cccc(-n3c4ccccc4c4cc(-c5ccc6sc7ccccc7c6c5)ccc43)c12. The Kier molecular flexibility index (Phi) is 4.52. The highest BCUT2D eigenvalue weighted by molar-refractivity contribution is 7.25. The number of rotatable bonds is 2. The predicted octanol–water partition coefficient (Wildman–Crippen LogP) is 10.5. The normalized spacial score (nSPS) is 12.0. The minimum atomic E-state index is 1.04. The number of nitrogens with zero attached hydrogens (tertiary/aromatic N) is 2. The third-order valence-electron chi connectivity index (χ3n) is 8.22. The quantitative estimate of drug-likeness (QED) is 0.205. The number of thiophene rings is 1. The van der Waals surface area contributed by atoms with Gasteiger partial charge in [-0.15, -0.1) is 11.3 Å². The maximum Gasteiger partial charge on any atom is 0.0801 e. The van der Waals surface area contributed by atoms with Gasteiger partial charge in [-0.05, 0) is 65.0 Å². The fraction of sp³-hybridized carbons (Fsp3) is 0. The summed E-state index contributed by atoms with van der Waals surface area (Å²) in [4.78, 5) is 4.82. The van der Waals surface area contributed by atoms with E-state index in [2.05, 4.69) is 126 Å². The molecule has 0 radical (unpaired) electrons. The zero-order chi connectivity index (χ0) is 26.2. The van der Waals surface area contributed by atoms with Crippen molar-refractivity contribution in [3.05, 3.63) is 134 Å². The van der Waals surface area contributed by atoms with E-state index in [9.17, 15) is 0 Å². The van der Waals surface area contributed by atoms with Crippen LogP contribution in [0.3, 0.4) is 0 Å². The smallest absolute Gasteiger partial charge is 0.0801 e. The molecule has 0 bridgehead atoms. The number of benzene rings is 6. The lowest BCUT2D eigenvalue weighted by molar-refractivity contribution is 1.20. The van der Waals surface area contributed by atoms with Crippen molar-refractivity contribution >= 4 is 75.0 Å². The monoisotopic (exact) mass is 526 g/mol. The van der Waals surface area contributed by atoms with Gasteiger partial charge >= 0.3 is 0 Å².